The Morgan fingerprint density at radius 1 is 0.857 bits per heavy atom. The predicted molar refractivity (Wildman–Crippen MR) is 147 cm³/mol. The first-order valence-corrected chi connectivity index (χ1v) is 12.7. The molecular weight excluding hydrogens is 436 g/mol. The minimum absolute atomic E-state index is 0.0699. The lowest BCUT2D eigenvalue weighted by Crippen LogP contribution is -2.16. The van der Waals surface area contributed by atoms with Gasteiger partial charge in [-0.3, -0.25) is 4.79 Å². The average molecular weight is 479 g/mol. The quantitative estimate of drug-likeness (QED) is 0.300. The topological polar surface area (TPSA) is 55.8 Å². The van der Waals surface area contributed by atoms with Crippen LogP contribution in [0.3, 0.4) is 0 Å². The molecule has 0 spiro atoms. The molecule has 3 aromatic carbocycles. The summed E-state index contributed by atoms with van der Waals surface area (Å²) in [6.45, 7) is 13.1. The van der Waals surface area contributed by atoms with Gasteiger partial charge in [0.1, 0.15) is 11.5 Å². The summed E-state index contributed by atoms with van der Waals surface area (Å²) in [5.41, 5.74) is 6.45. The normalized spacial score (nSPS) is 10.7. The summed E-state index contributed by atoms with van der Waals surface area (Å²) in [5.74, 6) is 1.89. The lowest BCUT2D eigenvalue weighted by Gasteiger charge is -2.19. The van der Waals surface area contributed by atoms with Crippen LogP contribution < -0.4 is 9.47 Å². The maximum Gasteiger partial charge on any atom is 0.290 e. The molecule has 0 unspecified atom stereocenters. The van der Waals surface area contributed by atoms with E-state index in [9.17, 15) is 0 Å². The van der Waals surface area contributed by atoms with Crippen LogP contribution in [0.2, 0.25) is 0 Å². The standard InChI is InChI=1S/C28H34O2.C2H6.CH2O2/c1-5-22-13-16-28(27(19-22)25-11-9-8-10-12-25)30-21(4)17-18-29-26-15-14-23(6-2)24(7-3)20-26;1-2;2-1-3/h8-16,19-21H,5-7,17-18H2,1-4H3;1-2H3;1H,(H,2,3)/t21-;;/m1../s1. The molecule has 0 radical (unpaired) electrons. The largest absolute Gasteiger partial charge is 0.493 e. The molecule has 4 heteroatoms. The van der Waals surface area contributed by atoms with Crippen molar-refractivity contribution in [1.29, 1.82) is 0 Å². The number of hydrogen-bond donors (Lipinski definition) is 1. The van der Waals surface area contributed by atoms with Crippen molar-refractivity contribution >= 4 is 6.47 Å². The Labute approximate surface area is 211 Å². The molecule has 3 aromatic rings. The fourth-order valence-corrected chi connectivity index (χ4v) is 3.73. The van der Waals surface area contributed by atoms with E-state index in [1.165, 1.54) is 22.3 Å². The van der Waals surface area contributed by atoms with Crippen LogP contribution in [0.15, 0.2) is 66.7 Å². The van der Waals surface area contributed by atoms with Crippen LogP contribution in [0.4, 0.5) is 0 Å². The number of carbonyl (C=O) groups is 1. The van der Waals surface area contributed by atoms with Gasteiger partial charge in [-0.15, -0.1) is 0 Å². The smallest absolute Gasteiger partial charge is 0.290 e. The minimum atomic E-state index is -0.250. The Hall–Kier alpha value is -3.27. The van der Waals surface area contributed by atoms with Crippen molar-refractivity contribution in [1.82, 2.24) is 0 Å². The van der Waals surface area contributed by atoms with Crippen molar-refractivity contribution in [2.24, 2.45) is 0 Å². The first-order valence-electron chi connectivity index (χ1n) is 12.7. The highest BCUT2D eigenvalue weighted by molar-refractivity contribution is 5.71. The van der Waals surface area contributed by atoms with Crippen LogP contribution in [0.1, 0.15) is 64.7 Å². The van der Waals surface area contributed by atoms with Crippen molar-refractivity contribution in [3.63, 3.8) is 0 Å². The third kappa shape index (κ3) is 9.86. The van der Waals surface area contributed by atoms with Crippen LogP contribution >= 0.6 is 0 Å². The summed E-state index contributed by atoms with van der Waals surface area (Å²) in [5, 5.41) is 6.89. The van der Waals surface area contributed by atoms with Gasteiger partial charge >= 0.3 is 0 Å². The number of benzene rings is 3. The van der Waals surface area contributed by atoms with Crippen molar-refractivity contribution in [2.45, 2.75) is 73.3 Å². The van der Waals surface area contributed by atoms with Crippen molar-refractivity contribution in [3.8, 4) is 22.6 Å². The molecule has 0 aliphatic carbocycles. The highest BCUT2D eigenvalue weighted by atomic mass is 16.5. The van der Waals surface area contributed by atoms with Crippen molar-refractivity contribution in [2.75, 3.05) is 6.61 Å². The van der Waals surface area contributed by atoms with Crippen LogP contribution in [0, 0.1) is 0 Å². The first-order chi connectivity index (χ1) is 17.1. The number of rotatable bonds is 10. The third-order valence-electron chi connectivity index (χ3n) is 5.60. The maximum absolute atomic E-state index is 8.36. The van der Waals surface area contributed by atoms with E-state index in [1.807, 2.05) is 19.9 Å². The molecule has 0 heterocycles. The van der Waals surface area contributed by atoms with Gasteiger partial charge in [0.25, 0.3) is 6.47 Å². The monoisotopic (exact) mass is 478 g/mol. The molecule has 4 nitrogen and oxygen atoms in total. The Balaban J connectivity index is 0.00000114. The second-order valence-electron chi connectivity index (χ2n) is 7.86. The Kier molecular flexibility index (Phi) is 14.6. The van der Waals surface area contributed by atoms with E-state index in [2.05, 4.69) is 88.4 Å². The number of carboxylic acid groups (broad SMARTS) is 1. The van der Waals surface area contributed by atoms with Crippen LogP contribution in [-0.4, -0.2) is 24.3 Å². The van der Waals surface area contributed by atoms with Gasteiger partial charge in [0.2, 0.25) is 0 Å². The number of ether oxygens (including phenoxy) is 2. The van der Waals surface area contributed by atoms with Gasteiger partial charge in [-0.2, -0.15) is 0 Å². The summed E-state index contributed by atoms with van der Waals surface area (Å²) in [7, 11) is 0. The summed E-state index contributed by atoms with van der Waals surface area (Å²) < 4.78 is 12.4. The second-order valence-corrected chi connectivity index (χ2v) is 7.86. The van der Waals surface area contributed by atoms with Gasteiger partial charge in [-0.1, -0.05) is 77.1 Å². The van der Waals surface area contributed by atoms with Crippen molar-refractivity contribution in [3.05, 3.63) is 83.4 Å². The lowest BCUT2D eigenvalue weighted by molar-refractivity contribution is -0.122. The zero-order valence-corrected chi connectivity index (χ0v) is 22.2. The molecule has 0 aliphatic rings. The molecule has 0 aromatic heterocycles. The van der Waals surface area contributed by atoms with Gasteiger partial charge in [0.05, 0.1) is 12.7 Å². The summed E-state index contributed by atoms with van der Waals surface area (Å²) >= 11 is 0. The SMILES string of the molecule is CC.CCc1ccc(O[C@H](C)CCOc2ccc(CC)c(CC)c2)c(-c2ccccc2)c1.O=CO. The number of hydrogen-bond acceptors (Lipinski definition) is 3. The fourth-order valence-electron chi connectivity index (χ4n) is 3.73. The van der Waals surface area contributed by atoms with E-state index in [0.717, 1.165) is 42.7 Å². The van der Waals surface area contributed by atoms with Gasteiger partial charge < -0.3 is 14.6 Å². The highest BCUT2D eigenvalue weighted by Crippen LogP contribution is 2.32. The molecule has 1 atom stereocenters. The van der Waals surface area contributed by atoms with Gasteiger partial charge in [0.15, 0.2) is 0 Å². The average Bonchev–Trinajstić information content (AvgIpc) is 2.91. The van der Waals surface area contributed by atoms with E-state index < -0.39 is 0 Å². The van der Waals surface area contributed by atoms with E-state index in [0.29, 0.717) is 6.61 Å². The van der Waals surface area contributed by atoms with E-state index in [-0.39, 0.29) is 12.6 Å². The minimum Gasteiger partial charge on any atom is -0.493 e. The zero-order chi connectivity index (χ0) is 26.1. The third-order valence-corrected chi connectivity index (χ3v) is 5.60. The molecule has 190 valence electrons. The highest BCUT2D eigenvalue weighted by Gasteiger charge is 2.12. The fraction of sp³-hybridized carbons (Fsp3) is 0.387. The van der Waals surface area contributed by atoms with E-state index in [4.69, 9.17) is 19.4 Å². The Morgan fingerprint density at radius 2 is 1.51 bits per heavy atom. The summed E-state index contributed by atoms with van der Waals surface area (Å²) in [6.07, 6.45) is 4.02. The van der Waals surface area contributed by atoms with Gasteiger partial charge in [-0.05, 0) is 72.7 Å². The Morgan fingerprint density at radius 3 is 2.11 bits per heavy atom. The number of aryl methyl sites for hydroxylation is 3. The van der Waals surface area contributed by atoms with Gasteiger partial charge in [0, 0.05) is 12.0 Å². The van der Waals surface area contributed by atoms with Crippen LogP contribution in [0.25, 0.3) is 11.1 Å². The lowest BCUT2D eigenvalue weighted by atomic mass is 10.0. The first kappa shape index (κ1) is 29.8. The second kappa shape index (κ2) is 17.2. The predicted octanol–water partition coefficient (Wildman–Crippen LogP) is 8.00. The molecule has 0 saturated carbocycles. The Bertz CT molecular complexity index is 983. The summed E-state index contributed by atoms with van der Waals surface area (Å²) in [6, 6.07) is 23.4. The molecule has 0 amide bonds. The molecule has 0 fully saturated rings. The molecule has 1 N–H and O–H groups in total. The molecule has 0 saturated heterocycles. The van der Waals surface area contributed by atoms with Crippen LogP contribution in [-0.2, 0) is 24.1 Å². The molecular formula is C31H42O4. The van der Waals surface area contributed by atoms with Crippen LogP contribution in [0.5, 0.6) is 11.5 Å². The van der Waals surface area contributed by atoms with E-state index in [1.54, 1.807) is 0 Å². The molecule has 0 bridgehead atoms. The summed E-state index contributed by atoms with van der Waals surface area (Å²) in [4.78, 5) is 8.36. The van der Waals surface area contributed by atoms with Crippen molar-refractivity contribution < 1.29 is 19.4 Å². The maximum atomic E-state index is 8.36. The van der Waals surface area contributed by atoms with Gasteiger partial charge in [-0.25, -0.2) is 0 Å². The van der Waals surface area contributed by atoms with E-state index >= 15 is 0 Å². The molecule has 35 heavy (non-hydrogen) atoms. The molecule has 0 aliphatic heterocycles. The molecule has 3 rings (SSSR count). The zero-order valence-electron chi connectivity index (χ0n) is 22.2.